The fourth-order valence-corrected chi connectivity index (χ4v) is 2.93. The number of anilines is 1. The molecule has 0 spiro atoms. The van der Waals surface area contributed by atoms with Crippen LogP contribution in [0.25, 0.3) is 0 Å². The van der Waals surface area contributed by atoms with Gasteiger partial charge in [-0.15, -0.1) is 0 Å². The number of benzene rings is 1. The van der Waals surface area contributed by atoms with E-state index < -0.39 is 6.10 Å². The molecule has 4 nitrogen and oxygen atoms in total. The molecule has 1 atom stereocenters. The molecule has 0 aromatic heterocycles. The first-order chi connectivity index (χ1) is 9.67. The molecule has 1 aliphatic rings. The van der Waals surface area contributed by atoms with Crippen molar-refractivity contribution in [2.75, 3.05) is 44.7 Å². The molecule has 0 amide bonds. The van der Waals surface area contributed by atoms with E-state index in [9.17, 15) is 5.11 Å². The molecule has 1 N–H and O–H groups in total. The van der Waals surface area contributed by atoms with Gasteiger partial charge in [0, 0.05) is 37.4 Å². The lowest BCUT2D eigenvalue weighted by Gasteiger charge is -2.37. The molecular weight excluding hydrogens is 252 g/mol. The fraction of sp³-hybridized carbons (Fsp3) is 0.625. The van der Waals surface area contributed by atoms with Crippen molar-refractivity contribution in [2.24, 2.45) is 0 Å². The third-order valence-electron chi connectivity index (χ3n) is 3.93. The van der Waals surface area contributed by atoms with Crippen LogP contribution in [-0.2, 0) is 0 Å². The minimum atomic E-state index is -0.519. The van der Waals surface area contributed by atoms with Gasteiger partial charge in [-0.05, 0) is 32.0 Å². The molecule has 0 saturated carbocycles. The largest absolute Gasteiger partial charge is 0.496 e. The zero-order valence-corrected chi connectivity index (χ0v) is 12.8. The summed E-state index contributed by atoms with van der Waals surface area (Å²) in [7, 11) is 1.66. The van der Waals surface area contributed by atoms with Crippen LogP contribution in [0.5, 0.6) is 5.75 Å². The van der Waals surface area contributed by atoms with Crippen molar-refractivity contribution >= 4 is 5.69 Å². The summed E-state index contributed by atoms with van der Waals surface area (Å²) in [6.45, 7) is 9.39. The maximum absolute atomic E-state index is 10.1. The highest BCUT2D eigenvalue weighted by Gasteiger charge is 2.22. The third kappa shape index (κ3) is 3.25. The lowest BCUT2D eigenvalue weighted by molar-refractivity contribution is 0.194. The molecule has 0 radical (unpaired) electrons. The maximum Gasteiger partial charge on any atom is 0.126 e. The monoisotopic (exact) mass is 278 g/mol. The Balaban J connectivity index is 2.17. The number of aliphatic hydroxyl groups excluding tert-OH is 1. The maximum atomic E-state index is 10.1. The zero-order chi connectivity index (χ0) is 14.5. The molecule has 4 heteroatoms. The number of hydrogen-bond donors (Lipinski definition) is 1. The van der Waals surface area contributed by atoms with Crippen LogP contribution in [0.2, 0.25) is 0 Å². The SMILES string of the molecule is CCCN1CCN(c2cccc(OC)c2[C@H](C)O)CC1. The van der Waals surface area contributed by atoms with E-state index in [0.29, 0.717) is 0 Å². The minimum absolute atomic E-state index is 0.519. The molecule has 0 unspecified atom stereocenters. The molecule has 0 aliphatic carbocycles. The van der Waals surface area contributed by atoms with Gasteiger partial charge in [0.2, 0.25) is 0 Å². The molecule has 0 bridgehead atoms. The second-order valence-electron chi connectivity index (χ2n) is 5.40. The van der Waals surface area contributed by atoms with E-state index in [1.807, 2.05) is 12.1 Å². The van der Waals surface area contributed by atoms with Crippen molar-refractivity contribution in [2.45, 2.75) is 26.4 Å². The van der Waals surface area contributed by atoms with Gasteiger partial charge >= 0.3 is 0 Å². The number of nitrogens with zero attached hydrogens (tertiary/aromatic N) is 2. The molecule has 20 heavy (non-hydrogen) atoms. The van der Waals surface area contributed by atoms with Crippen molar-refractivity contribution in [3.63, 3.8) is 0 Å². The summed E-state index contributed by atoms with van der Waals surface area (Å²) in [6, 6.07) is 6.00. The first-order valence-electron chi connectivity index (χ1n) is 7.49. The van der Waals surface area contributed by atoms with Gasteiger partial charge in [-0.3, -0.25) is 4.90 Å². The van der Waals surface area contributed by atoms with Crippen LogP contribution in [-0.4, -0.2) is 49.8 Å². The predicted molar refractivity (Wildman–Crippen MR) is 82.6 cm³/mol. The summed E-state index contributed by atoms with van der Waals surface area (Å²) < 4.78 is 5.40. The number of methoxy groups -OCH3 is 1. The van der Waals surface area contributed by atoms with Gasteiger partial charge in [0.15, 0.2) is 0 Å². The Morgan fingerprint density at radius 1 is 1.25 bits per heavy atom. The molecular formula is C16H26N2O2. The number of ether oxygens (including phenoxy) is 1. The first-order valence-corrected chi connectivity index (χ1v) is 7.49. The molecule has 112 valence electrons. The number of rotatable bonds is 5. The van der Waals surface area contributed by atoms with Crippen LogP contribution in [0.1, 0.15) is 31.9 Å². The summed E-state index contributed by atoms with van der Waals surface area (Å²) >= 11 is 0. The Hall–Kier alpha value is -1.26. The minimum Gasteiger partial charge on any atom is -0.496 e. The van der Waals surface area contributed by atoms with E-state index in [2.05, 4.69) is 22.8 Å². The Morgan fingerprint density at radius 3 is 2.50 bits per heavy atom. The van der Waals surface area contributed by atoms with Crippen molar-refractivity contribution in [1.82, 2.24) is 4.90 Å². The van der Waals surface area contributed by atoms with Crippen molar-refractivity contribution in [3.8, 4) is 5.75 Å². The Kier molecular flexibility index (Phi) is 5.26. The Morgan fingerprint density at radius 2 is 1.95 bits per heavy atom. The van der Waals surface area contributed by atoms with Gasteiger partial charge in [0.05, 0.1) is 13.2 Å². The van der Waals surface area contributed by atoms with Gasteiger partial charge in [-0.1, -0.05) is 13.0 Å². The molecule has 1 aliphatic heterocycles. The third-order valence-corrected chi connectivity index (χ3v) is 3.93. The average Bonchev–Trinajstić information content (AvgIpc) is 2.47. The smallest absolute Gasteiger partial charge is 0.126 e. The Labute approximate surface area is 122 Å². The van der Waals surface area contributed by atoms with E-state index in [4.69, 9.17) is 4.74 Å². The van der Waals surface area contributed by atoms with Crippen molar-refractivity contribution < 1.29 is 9.84 Å². The van der Waals surface area contributed by atoms with E-state index in [0.717, 1.165) is 43.2 Å². The average molecular weight is 278 g/mol. The number of piperazine rings is 1. The van der Waals surface area contributed by atoms with Gasteiger partial charge in [0.1, 0.15) is 5.75 Å². The van der Waals surface area contributed by atoms with Crippen molar-refractivity contribution in [3.05, 3.63) is 23.8 Å². The van der Waals surface area contributed by atoms with Crippen molar-refractivity contribution in [1.29, 1.82) is 0 Å². The molecule has 2 rings (SSSR count). The molecule has 1 saturated heterocycles. The quantitative estimate of drug-likeness (QED) is 0.896. The summed E-state index contributed by atoms with van der Waals surface area (Å²) in [5, 5.41) is 10.1. The molecule has 1 aromatic rings. The molecule has 1 aromatic carbocycles. The second kappa shape index (κ2) is 6.95. The summed E-state index contributed by atoms with van der Waals surface area (Å²) in [5.41, 5.74) is 2.01. The highest BCUT2D eigenvalue weighted by atomic mass is 16.5. The van der Waals surface area contributed by atoms with Gasteiger partial charge in [-0.25, -0.2) is 0 Å². The second-order valence-corrected chi connectivity index (χ2v) is 5.40. The standard InChI is InChI=1S/C16H26N2O2/c1-4-8-17-9-11-18(12-10-17)14-6-5-7-15(20-3)16(14)13(2)19/h5-7,13,19H,4,8-12H2,1-3H3/t13-/m0/s1. The van der Waals surface area contributed by atoms with E-state index in [-0.39, 0.29) is 0 Å². The number of hydrogen-bond acceptors (Lipinski definition) is 4. The first kappa shape index (κ1) is 15.1. The van der Waals surface area contributed by atoms with Crippen LogP contribution in [0, 0.1) is 0 Å². The lowest BCUT2D eigenvalue weighted by atomic mass is 10.0. The van der Waals surface area contributed by atoms with Crippen LogP contribution in [0.3, 0.4) is 0 Å². The summed E-state index contributed by atoms with van der Waals surface area (Å²) in [5.74, 6) is 0.772. The number of aliphatic hydroxyl groups is 1. The lowest BCUT2D eigenvalue weighted by Crippen LogP contribution is -2.46. The normalized spacial score (nSPS) is 18.1. The molecule has 1 heterocycles. The van der Waals surface area contributed by atoms with Gasteiger partial charge in [-0.2, -0.15) is 0 Å². The fourth-order valence-electron chi connectivity index (χ4n) is 2.93. The van der Waals surface area contributed by atoms with Gasteiger partial charge < -0.3 is 14.7 Å². The Bertz CT molecular complexity index is 426. The van der Waals surface area contributed by atoms with E-state index in [1.165, 1.54) is 13.0 Å². The van der Waals surface area contributed by atoms with Crippen LogP contribution >= 0.6 is 0 Å². The highest BCUT2D eigenvalue weighted by molar-refractivity contribution is 5.60. The van der Waals surface area contributed by atoms with Gasteiger partial charge in [0.25, 0.3) is 0 Å². The zero-order valence-electron chi connectivity index (χ0n) is 12.8. The molecule has 1 fully saturated rings. The summed E-state index contributed by atoms with van der Waals surface area (Å²) in [4.78, 5) is 4.86. The topological polar surface area (TPSA) is 35.9 Å². The van der Waals surface area contributed by atoms with Crippen LogP contribution in [0.4, 0.5) is 5.69 Å². The van der Waals surface area contributed by atoms with E-state index in [1.54, 1.807) is 14.0 Å². The predicted octanol–water partition coefficient (Wildman–Crippen LogP) is 2.28. The van der Waals surface area contributed by atoms with E-state index >= 15 is 0 Å². The van der Waals surface area contributed by atoms with Crippen LogP contribution < -0.4 is 9.64 Å². The highest BCUT2D eigenvalue weighted by Crippen LogP contribution is 2.34. The summed E-state index contributed by atoms with van der Waals surface area (Å²) in [6.07, 6.45) is 0.688. The van der Waals surface area contributed by atoms with Crippen LogP contribution in [0.15, 0.2) is 18.2 Å².